The number of anilines is 2. The van der Waals surface area contributed by atoms with Crippen LogP contribution in [0.15, 0.2) is 78.8 Å². The zero-order valence-corrected chi connectivity index (χ0v) is 49.0. The number of rotatable bonds is 22. The van der Waals surface area contributed by atoms with Gasteiger partial charge in [0.15, 0.2) is 0 Å². The Morgan fingerprint density at radius 1 is 0.890 bits per heavy atom. The molecule has 0 aliphatic carbocycles. The third-order valence-corrected chi connectivity index (χ3v) is 16.8. The first-order valence-electron chi connectivity index (χ1n) is 28.7. The maximum Gasteiger partial charge on any atom is 0.318 e. The Balaban J connectivity index is 0.683. The number of aliphatic hydroxyl groups is 1. The number of β-amino-alcohol motifs (C(OH)–C–C–N with tert-alkyl or cyclic N) is 1. The first kappa shape index (κ1) is 59.9. The maximum absolute atomic E-state index is 14.1. The number of hydrogen-bond donors (Lipinski definition) is 4. The molecule has 4 amide bonds. The summed E-state index contributed by atoms with van der Waals surface area (Å²) in [6, 6.07) is 17.7. The molecule has 4 aliphatic rings. The van der Waals surface area contributed by atoms with E-state index in [0.29, 0.717) is 64.9 Å². The van der Waals surface area contributed by atoms with E-state index < -0.39 is 35.4 Å². The molecule has 3 saturated heterocycles. The van der Waals surface area contributed by atoms with Gasteiger partial charge in [0.05, 0.1) is 73.0 Å². The minimum Gasteiger partial charge on any atom is -0.508 e. The van der Waals surface area contributed by atoms with E-state index in [4.69, 9.17) is 28.9 Å². The molecular weight excluding hydrogens is 1060 g/mol. The smallest absolute Gasteiger partial charge is 0.318 e. The average molecular weight is 1150 g/mol. The molecular formula is C61H80N10O10S. The Bertz CT molecular complexity index is 3030. The monoisotopic (exact) mass is 1140 g/mol. The number of nitrogens with one attached hydrogen (secondary N) is 2. The summed E-state index contributed by atoms with van der Waals surface area (Å²) < 4.78 is 24.1. The second-order valence-corrected chi connectivity index (χ2v) is 23.8. The lowest BCUT2D eigenvalue weighted by molar-refractivity contribution is -0.144. The lowest BCUT2D eigenvalue weighted by Crippen LogP contribution is -2.58. The van der Waals surface area contributed by atoms with E-state index in [9.17, 15) is 29.4 Å². The van der Waals surface area contributed by atoms with E-state index >= 15 is 0 Å². The zero-order valence-electron chi connectivity index (χ0n) is 48.2. The van der Waals surface area contributed by atoms with Gasteiger partial charge in [-0.25, -0.2) is 4.98 Å². The van der Waals surface area contributed by atoms with Crippen LogP contribution in [0.1, 0.15) is 82.4 Å². The van der Waals surface area contributed by atoms with E-state index in [0.717, 1.165) is 87.7 Å². The van der Waals surface area contributed by atoms with Crippen LogP contribution in [0.25, 0.3) is 21.2 Å². The summed E-state index contributed by atoms with van der Waals surface area (Å²) in [6.07, 6.45) is 2.89. The number of thiazole rings is 1. The van der Waals surface area contributed by atoms with Crippen LogP contribution >= 0.6 is 11.3 Å². The Labute approximate surface area is 484 Å². The summed E-state index contributed by atoms with van der Waals surface area (Å²) in [5.74, 6) is -0.302. The van der Waals surface area contributed by atoms with Gasteiger partial charge < -0.3 is 59.4 Å². The van der Waals surface area contributed by atoms with Crippen molar-refractivity contribution in [3.05, 3.63) is 101 Å². The molecule has 20 nitrogen and oxygen atoms in total. The van der Waals surface area contributed by atoms with E-state index in [1.807, 2.05) is 100 Å². The number of likely N-dealkylation sites (tertiary alicyclic amines) is 2. The topological polar surface area (TPSA) is 225 Å². The quantitative estimate of drug-likeness (QED) is 0.0474. The molecule has 0 bridgehead atoms. The fourth-order valence-corrected chi connectivity index (χ4v) is 12.2. The number of piperazine rings is 1. The number of aryl methyl sites for hydroxylation is 1. The molecule has 5 aromatic rings. The second-order valence-electron chi connectivity index (χ2n) is 23.0. The number of carbonyl (C=O) groups excluding carboxylic acids is 4. The van der Waals surface area contributed by atoms with Gasteiger partial charge in [-0.15, -0.1) is 11.3 Å². The fraction of sp³-hybridized carbons (Fsp3) is 0.525. The van der Waals surface area contributed by atoms with Gasteiger partial charge in [0.25, 0.3) is 0 Å². The van der Waals surface area contributed by atoms with E-state index in [1.165, 1.54) is 11.0 Å². The number of fused-ring (bicyclic) bond motifs is 2. The highest BCUT2D eigenvalue weighted by molar-refractivity contribution is 7.13. The van der Waals surface area contributed by atoms with Gasteiger partial charge in [-0.2, -0.15) is 9.97 Å². The zero-order chi connectivity index (χ0) is 58.1. The molecule has 0 spiro atoms. The summed E-state index contributed by atoms with van der Waals surface area (Å²) in [6.45, 7) is 22.0. The largest absolute Gasteiger partial charge is 0.508 e. The molecule has 440 valence electrons. The standard InChI is InChI=1S/C61H80N10O10S/c1-8-54(75)68-23-25-69(26-24-68)57-49-19-22-70(51-32-45(72)31-44-11-9-10-12-48(44)51)36-50(49)64-60(66-57)81-39(2)34-67-20-17-47(18-21-67)80-30-29-78-27-28-79-37-53(74)65-56(61(5,6)7)59(77)71-35-46(73)33-52(71)58(76)63-40(3)42-13-15-43(16-14-42)55-41(4)62-38-82-55/h8-16,31-32,38-40,46-47,52,56,72-73H,1,17-30,33-37H2,2-7H3,(H,63,76)(H,65,74)/t39-,40+,46-,52+,56-/m1/s1. The van der Waals surface area contributed by atoms with Gasteiger partial charge in [-0.05, 0) is 74.1 Å². The van der Waals surface area contributed by atoms with Crippen LogP contribution in [0.5, 0.6) is 11.8 Å². The van der Waals surface area contributed by atoms with E-state index in [-0.39, 0.29) is 68.6 Å². The first-order chi connectivity index (χ1) is 39.4. The van der Waals surface area contributed by atoms with Gasteiger partial charge in [0, 0.05) is 88.0 Å². The number of hydrogen-bond acceptors (Lipinski definition) is 17. The third kappa shape index (κ3) is 14.9. The van der Waals surface area contributed by atoms with Crippen molar-refractivity contribution in [2.75, 3.05) is 102 Å². The first-order valence-corrected chi connectivity index (χ1v) is 29.6. The molecule has 21 heteroatoms. The van der Waals surface area contributed by atoms with Crippen molar-refractivity contribution in [3.63, 3.8) is 0 Å². The predicted octanol–water partition coefficient (Wildman–Crippen LogP) is 5.82. The van der Waals surface area contributed by atoms with E-state index in [1.54, 1.807) is 17.4 Å². The van der Waals surface area contributed by atoms with Crippen molar-refractivity contribution in [3.8, 4) is 22.2 Å². The molecule has 4 N–H and O–H groups in total. The molecule has 5 atom stereocenters. The SMILES string of the molecule is C=CC(=O)N1CCN(c2nc(O[C@H](C)CN3CCC(OCCOCCOCC(=O)N[C@H](C(=O)N4C[C@H](O)C[C@H]4C(=O)N[C@@H](C)c4ccc(-c5scnc5C)cc4)C(C)(C)C)CC3)nc3c2CCN(c2cc(O)cc4ccccc24)C3)CC1. The number of benzene rings is 3. The highest BCUT2D eigenvalue weighted by Gasteiger charge is 2.45. The molecule has 0 radical (unpaired) electrons. The molecule has 3 aromatic carbocycles. The number of phenols is 1. The maximum atomic E-state index is 14.1. The number of piperidine rings is 1. The number of phenolic OH excluding ortho intramolecular Hbond substituents is 1. The van der Waals surface area contributed by atoms with Gasteiger partial charge in [0.2, 0.25) is 23.6 Å². The van der Waals surface area contributed by atoms with Crippen molar-refractivity contribution in [2.24, 2.45) is 5.41 Å². The van der Waals surface area contributed by atoms with E-state index in [2.05, 4.69) is 43.0 Å². The summed E-state index contributed by atoms with van der Waals surface area (Å²) in [5, 5.41) is 29.3. The molecule has 6 heterocycles. The molecule has 82 heavy (non-hydrogen) atoms. The van der Waals surface area contributed by atoms with Crippen molar-refractivity contribution in [2.45, 2.75) is 110 Å². The van der Waals surface area contributed by atoms with Crippen molar-refractivity contribution in [1.82, 2.24) is 40.3 Å². The van der Waals surface area contributed by atoms with Crippen LogP contribution in [0.2, 0.25) is 0 Å². The third-order valence-electron chi connectivity index (χ3n) is 15.9. The van der Waals surface area contributed by atoms with Gasteiger partial charge in [-0.3, -0.25) is 24.1 Å². The fourth-order valence-electron chi connectivity index (χ4n) is 11.4. The highest BCUT2D eigenvalue weighted by atomic mass is 32.1. The number of amides is 4. The Kier molecular flexibility index (Phi) is 19.8. The van der Waals surface area contributed by atoms with Crippen LogP contribution in [0.4, 0.5) is 11.5 Å². The number of ether oxygens (including phenoxy) is 4. The Hall–Kier alpha value is -6.75. The number of nitrogens with zero attached hydrogens (tertiary/aromatic N) is 8. The van der Waals surface area contributed by atoms with Crippen LogP contribution in [-0.4, -0.2) is 186 Å². The summed E-state index contributed by atoms with van der Waals surface area (Å²) in [4.78, 5) is 79.0. The van der Waals surface area contributed by atoms with Crippen LogP contribution in [0.3, 0.4) is 0 Å². The second kappa shape index (κ2) is 27.1. The predicted molar refractivity (Wildman–Crippen MR) is 315 cm³/mol. The van der Waals surface area contributed by atoms with Gasteiger partial charge in [0.1, 0.15) is 36.4 Å². The highest BCUT2D eigenvalue weighted by Crippen LogP contribution is 2.37. The van der Waals surface area contributed by atoms with Crippen molar-refractivity contribution < 1.29 is 48.3 Å². The molecule has 4 aliphatic heterocycles. The molecule has 9 rings (SSSR count). The van der Waals surface area contributed by atoms with Crippen molar-refractivity contribution >= 4 is 57.2 Å². The molecule has 3 fully saturated rings. The van der Waals surface area contributed by atoms with Gasteiger partial charge >= 0.3 is 6.01 Å². The number of aromatic hydroxyl groups is 1. The van der Waals surface area contributed by atoms with Crippen LogP contribution < -0.4 is 25.2 Å². The van der Waals surface area contributed by atoms with Crippen LogP contribution in [0, 0.1) is 12.3 Å². The minimum atomic E-state index is -0.978. The molecule has 0 unspecified atom stereocenters. The molecule has 0 saturated carbocycles. The Morgan fingerprint density at radius 3 is 2.34 bits per heavy atom. The normalized spacial score (nSPS) is 19.2. The van der Waals surface area contributed by atoms with Crippen molar-refractivity contribution in [1.29, 1.82) is 0 Å². The molecule has 2 aromatic heterocycles. The minimum absolute atomic E-state index is 0.0246. The lowest BCUT2D eigenvalue weighted by atomic mass is 9.85. The summed E-state index contributed by atoms with van der Waals surface area (Å²) in [5.41, 5.74) is 6.93. The lowest BCUT2D eigenvalue weighted by Gasteiger charge is -2.38. The number of carbonyl (C=O) groups is 4. The Morgan fingerprint density at radius 2 is 1.62 bits per heavy atom. The average Bonchev–Trinajstić information content (AvgIpc) is 4.17. The van der Waals surface area contributed by atoms with Gasteiger partial charge in [-0.1, -0.05) is 75.9 Å². The summed E-state index contributed by atoms with van der Waals surface area (Å²) in [7, 11) is 0. The summed E-state index contributed by atoms with van der Waals surface area (Å²) >= 11 is 1.57. The number of aromatic nitrogens is 3. The number of aliphatic hydroxyl groups excluding tert-OH is 1. The van der Waals surface area contributed by atoms with Crippen LogP contribution in [-0.2, 0) is 46.4 Å².